The molecular weight excluding hydrogens is 222 g/mol. The summed E-state index contributed by atoms with van der Waals surface area (Å²) in [5.41, 5.74) is -1.000. The summed E-state index contributed by atoms with van der Waals surface area (Å²) < 4.78 is 0. The minimum Gasteiger partial charge on any atom is -0.480 e. The molecule has 2 N–H and O–H groups in total. The second-order valence-electron chi connectivity index (χ2n) is 4.96. The normalized spacial score (nSPS) is 23.9. The van der Waals surface area contributed by atoms with Gasteiger partial charge in [-0.25, -0.2) is 9.59 Å². The molecule has 1 aliphatic heterocycles. The van der Waals surface area contributed by atoms with Gasteiger partial charge in [-0.2, -0.15) is 0 Å². The number of aliphatic carboxylic acids is 1. The number of hydrogen-bond donors (Lipinski definition) is 2. The second-order valence-corrected chi connectivity index (χ2v) is 4.96. The lowest BCUT2D eigenvalue weighted by atomic mass is 9.77. The van der Waals surface area contributed by atoms with Crippen LogP contribution in [0.5, 0.6) is 0 Å². The first-order chi connectivity index (χ1) is 8.03. The van der Waals surface area contributed by atoms with Crippen molar-refractivity contribution in [3.8, 4) is 0 Å². The number of amides is 2. The molecule has 6 nitrogen and oxygen atoms in total. The molecule has 1 saturated heterocycles. The van der Waals surface area contributed by atoms with E-state index in [-0.39, 0.29) is 6.03 Å². The van der Waals surface area contributed by atoms with Gasteiger partial charge in [-0.3, -0.25) is 0 Å². The highest BCUT2D eigenvalue weighted by atomic mass is 16.4. The highest BCUT2D eigenvalue weighted by molar-refractivity contribution is 5.87. The summed E-state index contributed by atoms with van der Waals surface area (Å²) in [7, 11) is 2.01. The molecule has 17 heavy (non-hydrogen) atoms. The molecule has 96 valence electrons. The molecule has 0 aromatic rings. The molecule has 1 heterocycles. The second kappa shape index (κ2) is 4.52. The number of likely N-dealkylation sites (N-methyl/N-ethyl adjacent to an activating group) is 1. The molecule has 0 radical (unpaired) electrons. The number of carbonyl (C=O) groups excluding carboxylic acids is 1. The Labute approximate surface area is 101 Å². The highest BCUT2D eigenvalue weighted by Crippen LogP contribution is 2.32. The molecule has 2 fully saturated rings. The molecule has 1 saturated carbocycles. The Balaban J connectivity index is 1.90. The number of carbonyl (C=O) groups is 2. The summed E-state index contributed by atoms with van der Waals surface area (Å²) in [6.07, 6.45) is 1.96. The molecule has 6 heteroatoms. The van der Waals surface area contributed by atoms with Crippen LogP contribution in [-0.2, 0) is 4.79 Å². The first kappa shape index (κ1) is 12.2. The van der Waals surface area contributed by atoms with Crippen LogP contribution < -0.4 is 5.32 Å². The first-order valence-electron chi connectivity index (χ1n) is 6.02. The first-order valence-corrected chi connectivity index (χ1v) is 6.02. The van der Waals surface area contributed by atoms with Crippen molar-refractivity contribution in [2.75, 3.05) is 33.2 Å². The van der Waals surface area contributed by atoms with Crippen molar-refractivity contribution in [3.05, 3.63) is 0 Å². The Morgan fingerprint density at radius 2 is 1.76 bits per heavy atom. The van der Waals surface area contributed by atoms with Gasteiger partial charge >= 0.3 is 12.0 Å². The SMILES string of the molecule is CN1CCN(C(=O)NC2(C(=O)O)CCC2)CC1. The fraction of sp³-hybridized carbons (Fsp3) is 0.818. The molecular formula is C11H19N3O3. The Kier molecular flexibility index (Phi) is 3.24. The van der Waals surface area contributed by atoms with Crippen LogP contribution >= 0.6 is 0 Å². The van der Waals surface area contributed by atoms with E-state index in [4.69, 9.17) is 5.11 Å². The molecule has 2 rings (SSSR count). The number of hydrogen-bond acceptors (Lipinski definition) is 3. The maximum atomic E-state index is 12.0. The van der Waals surface area contributed by atoms with Crippen LogP contribution in [-0.4, -0.2) is 65.7 Å². The van der Waals surface area contributed by atoms with E-state index in [0.717, 1.165) is 19.5 Å². The molecule has 2 amide bonds. The number of carboxylic acid groups (broad SMARTS) is 1. The van der Waals surface area contributed by atoms with E-state index in [1.165, 1.54) is 0 Å². The van der Waals surface area contributed by atoms with Crippen LogP contribution in [0, 0.1) is 0 Å². The summed E-state index contributed by atoms with van der Waals surface area (Å²) in [4.78, 5) is 26.9. The van der Waals surface area contributed by atoms with Gasteiger partial charge in [-0.1, -0.05) is 0 Å². The Morgan fingerprint density at radius 3 is 2.18 bits per heavy atom. The zero-order chi connectivity index (χ0) is 12.5. The summed E-state index contributed by atoms with van der Waals surface area (Å²) in [5, 5.41) is 11.8. The molecule has 1 aliphatic carbocycles. The number of rotatable bonds is 2. The molecule has 0 aromatic heterocycles. The van der Waals surface area contributed by atoms with Crippen molar-refractivity contribution < 1.29 is 14.7 Å². The van der Waals surface area contributed by atoms with Gasteiger partial charge in [-0.05, 0) is 26.3 Å². The molecule has 0 bridgehead atoms. The Morgan fingerprint density at radius 1 is 1.18 bits per heavy atom. The van der Waals surface area contributed by atoms with Crippen LogP contribution in [0.2, 0.25) is 0 Å². The van der Waals surface area contributed by atoms with Crippen molar-refractivity contribution in [2.45, 2.75) is 24.8 Å². The van der Waals surface area contributed by atoms with Crippen molar-refractivity contribution in [1.29, 1.82) is 0 Å². The average Bonchev–Trinajstić information content (AvgIpc) is 2.23. The summed E-state index contributed by atoms with van der Waals surface area (Å²) >= 11 is 0. The summed E-state index contributed by atoms with van der Waals surface area (Å²) in [6.45, 7) is 3.01. The third-order valence-electron chi connectivity index (χ3n) is 3.75. The lowest BCUT2D eigenvalue weighted by Gasteiger charge is -2.41. The number of nitrogens with one attached hydrogen (secondary N) is 1. The third-order valence-corrected chi connectivity index (χ3v) is 3.75. The van der Waals surface area contributed by atoms with E-state index in [2.05, 4.69) is 10.2 Å². The van der Waals surface area contributed by atoms with Crippen LogP contribution in [0.1, 0.15) is 19.3 Å². The lowest BCUT2D eigenvalue weighted by Crippen LogP contribution is -2.63. The number of nitrogens with zero attached hydrogens (tertiary/aromatic N) is 2. The van der Waals surface area contributed by atoms with Crippen LogP contribution in [0.3, 0.4) is 0 Å². The van der Waals surface area contributed by atoms with Gasteiger partial charge in [0.05, 0.1) is 0 Å². The van der Waals surface area contributed by atoms with E-state index in [9.17, 15) is 9.59 Å². The molecule has 0 aromatic carbocycles. The smallest absolute Gasteiger partial charge is 0.329 e. The van der Waals surface area contributed by atoms with E-state index >= 15 is 0 Å². The minimum atomic E-state index is -1.000. The van der Waals surface area contributed by atoms with Crippen LogP contribution in [0.4, 0.5) is 4.79 Å². The number of urea groups is 1. The van der Waals surface area contributed by atoms with Gasteiger partial charge in [0.2, 0.25) is 0 Å². The standard InChI is InChI=1S/C11H19N3O3/c1-13-5-7-14(8-6-13)10(17)12-11(9(15)16)3-2-4-11/h2-8H2,1H3,(H,12,17)(H,15,16). The third kappa shape index (κ3) is 2.36. The topological polar surface area (TPSA) is 72.9 Å². The maximum absolute atomic E-state index is 12.0. The van der Waals surface area contributed by atoms with E-state index in [1.807, 2.05) is 7.05 Å². The molecule has 0 spiro atoms. The van der Waals surface area contributed by atoms with Gasteiger partial charge in [0, 0.05) is 26.2 Å². The van der Waals surface area contributed by atoms with Gasteiger partial charge in [0.1, 0.15) is 5.54 Å². The van der Waals surface area contributed by atoms with Crippen molar-refractivity contribution in [2.24, 2.45) is 0 Å². The number of piperazine rings is 1. The predicted molar refractivity (Wildman–Crippen MR) is 61.8 cm³/mol. The average molecular weight is 241 g/mol. The fourth-order valence-electron chi connectivity index (χ4n) is 2.22. The van der Waals surface area contributed by atoms with Gasteiger partial charge in [0.25, 0.3) is 0 Å². The molecule has 2 aliphatic rings. The van der Waals surface area contributed by atoms with Crippen LogP contribution in [0.15, 0.2) is 0 Å². The maximum Gasteiger partial charge on any atom is 0.329 e. The zero-order valence-corrected chi connectivity index (χ0v) is 10.1. The summed E-state index contributed by atoms with van der Waals surface area (Å²) in [5.74, 6) is -0.911. The Hall–Kier alpha value is -1.30. The van der Waals surface area contributed by atoms with Crippen molar-refractivity contribution >= 4 is 12.0 Å². The van der Waals surface area contributed by atoms with Gasteiger partial charge < -0.3 is 20.2 Å². The van der Waals surface area contributed by atoms with Crippen molar-refractivity contribution in [1.82, 2.24) is 15.1 Å². The Bertz CT molecular complexity index is 320. The monoisotopic (exact) mass is 241 g/mol. The predicted octanol–water partition coefficient (Wildman–Crippen LogP) is -0.0493. The molecule has 0 atom stereocenters. The minimum absolute atomic E-state index is 0.236. The highest BCUT2D eigenvalue weighted by Gasteiger charge is 2.46. The van der Waals surface area contributed by atoms with E-state index < -0.39 is 11.5 Å². The lowest BCUT2D eigenvalue weighted by molar-refractivity contribution is -0.148. The van der Waals surface area contributed by atoms with E-state index in [1.54, 1.807) is 4.90 Å². The van der Waals surface area contributed by atoms with Gasteiger partial charge in [-0.15, -0.1) is 0 Å². The zero-order valence-electron chi connectivity index (χ0n) is 10.1. The van der Waals surface area contributed by atoms with Crippen molar-refractivity contribution in [3.63, 3.8) is 0 Å². The quantitative estimate of drug-likeness (QED) is 0.711. The molecule has 0 unspecified atom stereocenters. The largest absolute Gasteiger partial charge is 0.480 e. The van der Waals surface area contributed by atoms with E-state index in [0.29, 0.717) is 25.9 Å². The van der Waals surface area contributed by atoms with Crippen LogP contribution in [0.25, 0.3) is 0 Å². The van der Waals surface area contributed by atoms with Gasteiger partial charge in [0.15, 0.2) is 0 Å². The fourth-order valence-corrected chi connectivity index (χ4v) is 2.22. The number of carboxylic acids is 1. The summed E-state index contributed by atoms with van der Waals surface area (Å²) in [6, 6.07) is -0.236.